The first-order valence-electron chi connectivity index (χ1n) is 6.70. The van der Waals surface area contributed by atoms with Crippen LogP contribution in [0.1, 0.15) is 24.1 Å². The van der Waals surface area contributed by atoms with Crippen molar-refractivity contribution in [3.05, 3.63) is 57.0 Å². The highest BCUT2D eigenvalue weighted by molar-refractivity contribution is 9.10. The van der Waals surface area contributed by atoms with E-state index in [1.807, 2.05) is 36.4 Å². The largest absolute Gasteiger partial charge is 0.454 e. The van der Waals surface area contributed by atoms with Crippen molar-refractivity contribution in [2.45, 2.75) is 19.5 Å². The fourth-order valence-electron chi connectivity index (χ4n) is 2.24. The van der Waals surface area contributed by atoms with Gasteiger partial charge in [-0.15, -0.1) is 0 Å². The third kappa shape index (κ3) is 3.34. The second kappa shape index (κ2) is 6.26. The molecule has 1 atom stereocenters. The van der Waals surface area contributed by atoms with E-state index in [-0.39, 0.29) is 6.04 Å². The summed E-state index contributed by atoms with van der Waals surface area (Å²) in [6, 6.07) is 12.1. The zero-order chi connectivity index (χ0) is 14.8. The molecule has 0 aromatic heterocycles. The number of ether oxygens (including phenoxy) is 2. The topological polar surface area (TPSA) is 30.5 Å². The maximum atomic E-state index is 6.21. The van der Waals surface area contributed by atoms with Gasteiger partial charge in [0.05, 0.1) is 0 Å². The smallest absolute Gasteiger partial charge is 0.231 e. The molecule has 0 amide bonds. The fraction of sp³-hybridized carbons (Fsp3) is 0.250. The van der Waals surface area contributed by atoms with Crippen LogP contribution in [-0.2, 0) is 6.54 Å². The molecular weight excluding hydrogens is 354 g/mol. The molecule has 0 saturated heterocycles. The van der Waals surface area contributed by atoms with Gasteiger partial charge in [-0.3, -0.25) is 0 Å². The van der Waals surface area contributed by atoms with Crippen molar-refractivity contribution in [3.8, 4) is 11.5 Å². The molecule has 0 spiro atoms. The van der Waals surface area contributed by atoms with Gasteiger partial charge in [-0.25, -0.2) is 0 Å². The van der Waals surface area contributed by atoms with Crippen molar-refractivity contribution in [1.82, 2.24) is 5.32 Å². The van der Waals surface area contributed by atoms with Crippen LogP contribution in [0.15, 0.2) is 40.9 Å². The normalized spacial score (nSPS) is 14.2. The van der Waals surface area contributed by atoms with Crippen molar-refractivity contribution in [3.63, 3.8) is 0 Å². The molecule has 0 fully saturated rings. The second-order valence-corrected chi connectivity index (χ2v) is 6.27. The lowest BCUT2D eigenvalue weighted by molar-refractivity contribution is 0.174. The predicted molar refractivity (Wildman–Crippen MR) is 87.0 cm³/mol. The second-order valence-electron chi connectivity index (χ2n) is 4.95. The minimum Gasteiger partial charge on any atom is -0.454 e. The molecule has 0 radical (unpaired) electrons. The predicted octanol–water partition coefficient (Wildman–Crippen LogP) is 4.68. The molecule has 3 rings (SSSR count). The lowest BCUT2D eigenvalue weighted by Gasteiger charge is -2.15. The summed E-state index contributed by atoms with van der Waals surface area (Å²) < 4.78 is 11.8. The Labute approximate surface area is 137 Å². The molecule has 0 saturated carbocycles. The average Bonchev–Trinajstić information content (AvgIpc) is 2.95. The maximum Gasteiger partial charge on any atom is 0.231 e. The van der Waals surface area contributed by atoms with Crippen molar-refractivity contribution < 1.29 is 9.47 Å². The first-order chi connectivity index (χ1) is 10.1. The van der Waals surface area contributed by atoms with Crippen LogP contribution in [0.25, 0.3) is 0 Å². The van der Waals surface area contributed by atoms with Gasteiger partial charge in [0.25, 0.3) is 0 Å². The molecule has 0 aliphatic carbocycles. The lowest BCUT2D eigenvalue weighted by atomic mass is 10.1. The summed E-state index contributed by atoms with van der Waals surface area (Å²) in [4.78, 5) is 0. The van der Waals surface area contributed by atoms with Crippen molar-refractivity contribution in [1.29, 1.82) is 0 Å². The average molecular weight is 369 g/mol. The standard InChI is InChI=1S/C16H15BrClNO2/c1-10(11-2-5-15-16(7-11)21-9-20-15)19-8-12-6-13(17)3-4-14(12)18/h2-7,10,19H,8-9H2,1H3. The van der Waals surface area contributed by atoms with E-state index in [1.165, 1.54) is 0 Å². The quantitative estimate of drug-likeness (QED) is 0.850. The van der Waals surface area contributed by atoms with E-state index in [0.29, 0.717) is 13.3 Å². The zero-order valence-corrected chi connectivity index (χ0v) is 13.9. The summed E-state index contributed by atoms with van der Waals surface area (Å²) in [6.07, 6.45) is 0. The molecule has 3 nitrogen and oxygen atoms in total. The number of hydrogen-bond donors (Lipinski definition) is 1. The van der Waals surface area contributed by atoms with Gasteiger partial charge < -0.3 is 14.8 Å². The van der Waals surface area contributed by atoms with Crippen molar-refractivity contribution in [2.24, 2.45) is 0 Å². The van der Waals surface area contributed by atoms with E-state index in [2.05, 4.69) is 28.2 Å². The van der Waals surface area contributed by atoms with E-state index in [1.54, 1.807) is 0 Å². The highest BCUT2D eigenvalue weighted by atomic mass is 79.9. The summed E-state index contributed by atoms with van der Waals surface area (Å²) >= 11 is 9.67. The Balaban J connectivity index is 1.69. The maximum absolute atomic E-state index is 6.21. The van der Waals surface area contributed by atoms with Gasteiger partial charge in [-0.2, -0.15) is 0 Å². The molecule has 0 bridgehead atoms. The zero-order valence-electron chi connectivity index (χ0n) is 11.5. The van der Waals surface area contributed by atoms with Crippen LogP contribution in [0, 0.1) is 0 Å². The van der Waals surface area contributed by atoms with Gasteiger partial charge in [0, 0.05) is 22.1 Å². The number of rotatable bonds is 4. The van der Waals surface area contributed by atoms with Crippen LogP contribution in [0.4, 0.5) is 0 Å². The van der Waals surface area contributed by atoms with Crippen molar-refractivity contribution in [2.75, 3.05) is 6.79 Å². The summed E-state index contributed by atoms with van der Waals surface area (Å²) in [5, 5.41) is 4.24. The molecule has 2 aromatic carbocycles. The molecular formula is C16H15BrClNO2. The van der Waals surface area contributed by atoms with Gasteiger partial charge in [0.1, 0.15) is 0 Å². The van der Waals surface area contributed by atoms with Gasteiger partial charge in [-0.1, -0.05) is 33.6 Å². The highest BCUT2D eigenvalue weighted by Gasteiger charge is 2.15. The minimum atomic E-state index is 0.189. The Kier molecular flexibility index (Phi) is 4.38. The van der Waals surface area contributed by atoms with Crippen LogP contribution < -0.4 is 14.8 Å². The first kappa shape index (κ1) is 14.7. The fourth-order valence-corrected chi connectivity index (χ4v) is 2.84. The Morgan fingerprint density at radius 3 is 2.86 bits per heavy atom. The Hall–Kier alpha value is -1.23. The highest BCUT2D eigenvalue weighted by Crippen LogP contribution is 2.34. The minimum absolute atomic E-state index is 0.189. The van der Waals surface area contributed by atoms with Gasteiger partial charge >= 0.3 is 0 Å². The molecule has 1 N–H and O–H groups in total. The first-order valence-corrected chi connectivity index (χ1v) is 7.87. The van der Waals surface area contributed by atoms with Gasteiger partial charge in [0.2, 0.25) is 6.79 Å². The molecule has 1 aliphatic rings. The summed E-state index contributed by atoms with van der Waals surface area (Å²) in [5.74, 6) is 1.61. The van der Waals surface area contributed by atoms with Crippen LogP contribution in [0.3, 0.4) is 0 Å². The summed E-state index contributed by atoms with van der Waals surface area (Å²) in [7, 11) is 0. The molecule has 1 heterocycles. The van der Waals surface area contributed by atoms with E-state index in [9.17, 15) is 0 Å². The van der Waals surface area contributed by atoms with Crippen LogP contribution >= 0.6 is 27.5 Å². The van der Waals surface area contributed by atoms with E-state index in [4.69, 9.17) is 21.1 Å². The number of hydrogen-bond acceptors (Lipinski definition) is 3. The van der Waals surface area contributed by atoms with Gasteiger partial charge in [0.15, 0.2) is 11.5 Å². The SMILES string of the molecule is CC(NCc1cc(Br)ccc1Cl)c1ccc2c(c1)OCO2. The number of halogens is 2. The van der Waals surface area contributed by atoms with Crippen LogP contribution in [-0.4, -0.2) is 6.79 Å². The molecule has 110 valence electrons. The Morgan fingerprint density at radius 2 is 2.00 bits per heavy atom. The van der Waals surface area contributed by atoms with E-state index in [0.717, 1.165) is 32.1 Å². The molecule has 1 aliphatic heterocycles. The van der Waals surface area contributed by atoms with Crippen LogP contribution in [0.2, 0.25) is 5.02 Å². The monoisotopic (exact) mass is 367 g/mol. The summed E-state index contributed by atoms with van der Waals surface area (Å²) in [5.41, 5.74) is 2.23. The number of nitrogens with one attached hydrogen (secondary N) is 1. The van der Waals surface area contributed by atoms with Crippen molar-refractivity contribution >= 4 is 27.5 Å². The Bertz CT molecular complexity index is 663. The third-order valence-corrected chi connectivity index (χ3v) is 4.37. The van der Waals surface area contributed by atoms with Crippen LogP contribution in [0.5, 0.6) is 11.5 Å². The molecule has 2 aromatic rings. The molecule has 5 heteroatoms. The molecule has 1 unspecified atom stereocenters. The number of benzene rings is 2. The summed E-state index contributed by atoms with van der Waals surface area (Å²) in [6.45, 7) is 3.12. The van der Waals surface area contributed by atoms with Gasteiger partial charge in [-0.05, 0) is 48.4 Å². The van der Waals surface area contributed by atoms with E-state index < -0.39 is 0 Å². The van der Waals surface area contributed by atoms with E-state index >= 15 is 0 Å². The Morgan fingerprint density at radius 1 is 1.19 bits per heavy atom. The third-order valence-electron chi connectivity index (χ3n) is 3.50. The molecule has 21 heavy (non-hydrogen) atoms. The number of fused-ring (bicyclic) bond motifs is 1. The lowest BCUT2D eigenvalue weighted by Crippen LogP contribution is -2.18.